The molecule has 0 saturated heterocycles. The van der Waals surface area contributed by atoms with Crippen LogP contribution in [0.2, 0.25) is 5.02 Å². The minimum atomic E-state index is 0.582. The summed E-state index contributed by atoms with van der Waals surface area (Å²) in [5, 5.41) is 4.09. The second-order valence-electron chi connectivity index (χ2n) is 4.91. The SMILES string of the molecule is S=c1[nH]c2cccc(OCCNCc3ccc(Cl)cc3)c2[nH]1. The molecule has 3 aromatic rings. The first-order chi connectivity index (χ1) is 10.7. The van der Waals surface area contributed by atoms with Crippen molar-refractivity contribution in [1.29, 1.82) is 0 Å². The van der Waals surface area contributed by atoms with Crippen molar-refractivity contribution in [1.82, 2.24) is 15.3 Å². The number of H-pyrrole nitrogens is 2. The minimum absolute atomic E-state index is 0.582. The van der Waals surface area contributed by atoms with Crippen molar-refractivity contribution >= 4 is 34.9 Å². The van der Waals surface area contributed by atoms with E-state index in [-0.39, 0.29) is 0 Å². The van der Waals surface area contributed by atoms with Gasteiger partial charge in [-0.1, -0.05) is 29.8 Å². The van der Waals surface area contributed by atoms with Crippen molar-refractivity contribution in [2.45, 2.75) is 6.54 Å². The number of imidazole rings is 1. The van der Waals surface area contributed by atoms with Crippen LogP contribution in [0, 0.1) is 4.77 Å². The van der Waals surface area contributed by atoms with Gasteiger partial charge in [-0.05, 0) is 42.0 Å². The lowest BCUT2D eigenvalue weighted by Crippen LogP contribution is -2.20. The molecular weight excluding hydrogens is 318 g/mol. The summed E-state index contributed by atoms with van der Waals surface area (Å²) in [6, 6.07) is 13.6. The molecule has 0 atom stereocenters. The Morgan fingerprint density at radius 2 is 1.91 bits per heavy atom. The molecule has 0 unspecified atom stereocenters. The number of hydrogen-bond donors (Lipinski definition) is 3. The van der Waals surface area contributed by atoms with Crippen LogP contribution in [0.4, 0.5) is 0 Å². The quantitative estimate of drug-likeness (QED) is 0.471. The summed E-state index contributed by atoms with van der Waals surface area (Å²) in [5.41, 5.74) is 3.06. The van der Waals surface area contributed by atoms with E-state index >= 15 is 0 Å². The maximum Gasteiger partial charge on any atom is 0.175 e. The molecule has 0 fully saturated rings. The molecule has 1 aromatic heterocycles. The monoisotopic (exact) mass is 333 g/mol. The molecule has 6 heteroatoms. The zero-order valence-corrected chi connectivity index (χ0v) is 13.4. The summed E-state index contributed by atoms with van der Waals surface area (Å²) in [6.45, 7) is 2.12. The maximum atomic E-state index is 5.86. The molecule has 0 bridgehead atoms. The standard InChI is InChI=1S/C16H16ClN3OS/c17-12-6-4-11(5-7-12)10-18-8-9-21-14-3-1-2-13-15(14)20-16(22)19-13/h1-7,18H,8-10H2,(H2,19,20,22). The lowest BCUT2D eigenvalue weighted by atomic mass is 10.2. The fourth-order valence-corrected chi connectivity index (χ4v) is 2.56. The second-order valence-corrected chi connectivity index (χ2v) is 5.75. The Morgan fingerprint density at radius 1 is 1.09 bits per heavy atom. The van der Waals surface area contributed by atoms with Gasteiger partial charge in [0.2, 0.25) is 0 Å². The molecule has 0 spiro atoms. The van der Waals surface area contributed by atoms with E-state index < -0.39 is 0 Å². The molecule has 0 amide bonds. The lowest BCUT2D eigenvalue weighted by Gasteiger charge is -2.08. The topological polar surface area (TPSA) is 52.8 Å². The fraction of sp³-hybridized carbons (Fsp3) is 0.188. The zero-order chi connectivity index (χ0) is 15.4. The van der Waals surface area contributed by atoms with E-state index in [9.17, 15) is 0 Å². The molecule has 3 N–H and O–H groups in total. The number of benzene rings is 2. The summed E-state index contributed by atoms with van der Waals surface area (Å²) in [7, 11) is 0. The van der Waals surface area contributed by atoms with Gasteiger partial charge < -0.3 is 20.0 Å². The molecule has 0 aliphatic rings. The highest BCUT2D eigenvalue weighted by molar-refractivity contribution is 7.71. The Kier molecular flexibility index (Phi) is 4.77. The van der Waals surface area contributed by atoms with Gasteiger partial charge in [-0.3, -0.25) is 0 Å². The summed E-state index contributed by atoms with van der Waals surface area (Å²) in [5.74, 6) is 0.804. The number of halogens is 1. The van der Waals surface area contributed by atoms with Gasteiger partial charge in [0.1, 0.15) is 17.9 Å². The van der Waals surface area contributed by atoms with Crippen LogP contribution >= 0.6 is 23.8 Å². The molecule has 22 heavy (non-hydrogen) atoms. The number of fused-ring (bicyclic) bond motifs is 1. The van der Waals surface area contributed by atoms with Gasteiger partial charge in [0.15, 0.2) is 4.77 Å². The molecule has 0 radical (unpaired) electrons. The van der Waals surface area contributed by atoms with E-state index in [1.54, 1.807) is 0 Å². The van der Waals surface area contributed by atoms with Crippen LogP contribution in [0.3, 0.4) is 0 Å². The van der Waals surface area contributed by atoms with Gasteiger partial charge in [-0.25, -0.2) is 0 Å². The first kappa shape index (κ1) is 15.1. The largest absolute Gasteiger partial charge is 0.490 e. The number of rotatable bonds is 6. The Balaban J connectivity index is 1.50. The normalized spacial score (nSPS) is 11.0. The Bertz CT molecular complexity index is 810. The van der Waals surface area contributed by atoms with Crippen LogP contribution in [0.15, 0.2) is 42.5 Å². The first-order valence-electron chi connectivity index (χ1n) is 7.01. The van der Waals surface area contributed by atoms with E-state index in [0.717, 1.165) is 34.9 Å². The van der Waals surface area contributed by atoms with Crippen molar-refractivity contribution < 1.29 is 4.74 Å². The summed E-state index contributed by atoms with van der Waals surface area (Å²) in [6.07, 6.45) is 0. The third-order valence-electron chi connectivity index (χ3n) is 3.29. The van der Waals surface area contributed by atoms with Gasteiger partial charge in [0, 0.05) is 18.1 Å². The molecule has 2 aromatic carbocycles. The Hall–Kier alpha value is -1.82. The molecule has 1 heterocycles. The van der Waals surface area contributed by atoms with Gasteiger partial charge in [-0.15, -0.1) is 0 Å². The number of aromatic amines is 2. The van der Waals surface area contributed by atoms with Crippen molar-refractivity contribution in [2.75, 3.05) is 13.2 Å². The summed E-state index contributed by atoms with van der Waals surface area (Å²) >= 11 is 11.0. The number of hydrogen-bond acceptors (Lipinski definition) is 3. The Labute approximate surface area is 138 Å². The molecule has 3 rings (SSSR count). The molecule has 114 valence electrons. The predicted octanol–water partition coefficient (Wildman–Crippen LogP) is 4.05. The molecule has 0 aliphatic carbocycles. The maximum absolute atomic E-state index is 5.86. The van der Waals surface area contributed by atoms with Gasteiger partial charge in [0.25, 0.3) is 0 Å². The number of nitrogens with one attached hydrogen (secondary N) is 3. The lowest BCUT2D eigenvalue weighted by molar-refractivity contribution is 0.316. The fourth-order valence-electron chi connectivity index (χ4n) is 2.22. The predicted molar refractivity (Wildman–Crippen MR) is 92.1 cm³/mol. The van der Waals surface area contributed by atoms with E-state index in [2.05, 4.69) is 15.3 Å². The average molecular weight is 334 g/mol. The van der Waals surface area contributed by atoms with Crippen LogP contribution in [0.1, 0.15) is 5.56 Å². The highest BCUT2D eigenvalue weighted by Crippen LogP contribution is 2.22. The average Bonchev–Trinajstić information content (AvgIpc) is 2.90. The molecule has 0 saturated carbocycles. The van der Waals surface area contributed by atoms with Gasteiger partial charge in [-0.2, -0.15) is 0 Å². The van der Waals surface area contributed by atoms with Gasteiger partial charge >= 0.3 is 0 Å². The number of para-hydroxylation sites is 1. The van der Waals surface area contributed by atoms with Gasteiger partial charge in [0.05, 0.1) is 5.52 Å². The highest BCUT2D eigenvalue weighted by Gasteiger charge is 2.03. The summed E-state index contributed by atoms with van der Waals surface area (Å²) in [4.78, 5) is 6.18. The highest BCUT2D eigenvalue weighted by atomic mass is 35.5. The third kappa shape index (κ3) is 3.68. The Morgan fingerprint density at radius 3 is 2.73 bits per heavy atom. The van der Waals surface area contributed by atoms with E-state index in [0.29, 0.717) is 11.4 Å². The smallest absolute Gasteiger partial charge is 0.175 e. The number of aromatic nitrogens is 2. The van der Waals surface area contributed by atoms with E-state index in [1.807, 2.05) is 42.5 Å². The van der Waals surface area contributed by atoms with Crippen LogP contribution in [-0.2, 0) is 6.54 Å². The summed E-state index contributed by atoms with van der Waals surface area (Å²) < 4.78 is 6.41. The first-order valence-corrected chi connectivity index (χ1v) is 7.80. The minimum Gasteiger partial charge on any atom is -0.490 e. The second kappa shape index (κ2) is 6.96. The van der Waals surface area contributed by atoms with Crippen molar-refractivity contribution in [3.05, 3.63) is 57.8 Å². The molecule has 4 nitrogen and oxygen atoms in total. The number of ether oxygens (including phenoxy) is 1. The van der Waals surface area contributed by atoms with E-state index in [1.165, 1.54) is 5.56 Å². The van der Waals surface area contributed by atoms with Crippen LogP contribution < -0.4 is 10.1 Å². The molecule has 0 aliphatic heterocycles. The van der Waals surface area contributed by atoms with E-state index in [4.69, 9.17) is 28.6 Å². The van der Waals surface area contributed by atoms with Crippen LogP contribution in [0.5, 0.6) is 5.75 Å². The van der Waals surface area contributed by atoms with Crippen LogP contribution in [0.25, 0.3) is 11.0 Å². The van der Waals surface area contributed by atoms with Crippen molar-refractivity contribution in [3.63, 3.8) is 0 Å². The third-order valence-corrected chi connectivity index (χ3v) is 3.75. The molecular formula is C16H16ClN3OS. The zero-order valence-electron chi connectivity index (χ0n) is 11.9. The van der Waals surface area contributed by atoms with Crippen molar-refractivity contribution in [3.8, 4) is 5.75 Å². The van der Waals surface area contributed by atoms with Crippen LogP contribution in [-0.4, -0.2) is 23.1 Å². The van der Waals surface area contributed by atoms with Crippen molar-refractivity contribution in [2.24, 2.45) is 0 Å².